The number of nitriles is 1. The number of hydrogen-bond acceptors (Lipinski definition) is 4. The lowest BCUT2D eigenvalue weighted by molar-refractivity contribution is 0.0998. The smallest absolute Gasteiger partial charge is 0.292 e. The summed E-state index contributed by atoms with van der Waals surface area (Å²) in [5.74, 6) is 0.213. The van der Waals surface area contributed by atoms with E-state index in [0.29, 0.717) is 17.0 Å². The fraction of sp³-hybridized carbons (Fsp3) is 0. The van der Waals surface area contributed by atoms with E-state index < -0.39 is 0 Å². The van der Waals surface area contributed by atoms with Gasteiger partial charge in [0.2, 0.25) is 0 Å². The Morgan fingerprint density at radius 1 is 1.25 bits per heavy atom. The molecular formula is C15H9N3O2. The first-order valence-electron chi connectivity index (χ1n) is 5.92. The molecule has 2 heterocycles. The first-order valence-corrected chi connectivity index (χ1v) is 5.92. The Labute approximate surface area is 114 Å². The van der Waals surface area contributed by atoms with Gasteiger partial charge in [0.15, 0.2) is 5.76 Å². The van der Waals surface area contributed by atoms with Crippen molar-refractivity contribution in [2.45, 2.75) is 0 Å². The molecule has 0 radical (unpaired) electrons. The van der Waals surface area contributed by atoms with E-state index in [0.717, 1.165) is 5.39 Å². The van der Waals surface area contributed by atoms with Crippen molar-refractivity contribution < 1.29 is 9.21 Å². The van der Waals surface area contributed by atoms with Gasteiger partial charge in [0.05, 0.1) is 5.56 Å². The predicted molar refractivity (Wildman–Crippen MR) is 73.1 cm³/mol. The van der Waals surface area contributed by atoms with Gasteiger partial charge >= 0.3 is 0 Å². The highest BCUT2D eigenvalue weighted by Crippen LogP contribution is 2.19. The van der Waals surface area contributed by atoms with Crippen molar-refractivity contribution in [2.24, 2.45) is 0 Å². The summed E-state index contributed by atoms with van der Waals surface area (Å²) in [7, 11) is 0. The van der Waals surface area contributed by atoms with Gasteiger partial charge in [0, 0.05) is 11.6 Å². The van der Waals surface area contributed by atoms with E-state index in [4.69, 9.17) is 9.68 Å². The van der Waals surface area contributed by atoms with Gasteiger partial charge in [0.25, 0.3) is 5.91 Å². The maximum absolute atomic E-state index is 12.0. The van der Waals surface area contributed by atoms with E-state index in [9.17, 15) is 4.79 Å². The van der Waals surface area contributed by atoms with Crippen LogP contribution in [0.25, 0.3) is 11.0 Å². The van der Waals surface area contributed by atoms with Crippen LogP contribution in [0.15, 0.2) is 53.1 Å². The standard InChI is InChI=1S/C15H9N3O2/c16-8-10-5-6-14(17-9-10)18-15(19)13-7-11-3-1-2-4-12(11)20-13/h1-7,9H,(H,17,18,19). The number of benzene rings is 1. The summed E-state index contributed by atoms with van der Waals surface area (Å²) in [6.07, 6.45) is 1.40. The van der Waals surface area contributed by atoms with Crippen LogP contribution in [-0.4, -0.2) is 10.9 Å². The molecule has 0 fully saturated rings. The normalized spacial score (nSPS) is 10.2. The Kier molecular flexibility index (Phi) is 2.90. The number of amides is 1. The van der Waals surface area contributed by atoms with Crippen molar-refractivity contribution in [3.8, 4) is 6.07 Å². The second-order valence-corrected chi connectivity index (χ2v) is 4.15. The zero-order chi connectivity index (χ0) is 13.9. The Morgan fingerprint density at radius 3 is 2.80 bits per heavy atom. The molecule has 0 saturated carbocycles. The number of aromatic nitrogens is 1. The lowest BCUT2D eigenvalue weighted by Crippen LogP contribution is -2.11. The fourth-order valence-corrected chi connectivity index (χ4v) is 1.81. The number of fused-ring (bicyclic) bond motifs is 1. The van der Waals surface area contributed by atoms with Crippen molar-refractivity contribution in [3.63, 3.8) is 0 Å². The summed E-state index contributed by atoms with van der Waals surface area (Å²) < 4.78 is 5.45. The number of nitrogens with one attached hydrogen (secondary N) is 1. The topological polar surface area (TPSA) is 78.9 Å². The van der Waals surface area contributed by atoms with E-state index in [1.165, 1.54) is 6.20 Å². The molecule has 0 spiro atoms. The molecule has 3 aromatic rings. The summed E-state index contributed by atoms with van der Waals surface area (Å²) in [6, 6.07) is 14.2. The molecule has 0 unspecified atom stereocenters. The van der Waals surface area contributed by atoms with Crippen LogP contribution in [0.4, 0.5) is 5.82 Å². The number of rotatable bonds is 2. The van der Waals surface area contributed by atoms with Gasteiger partial charge in [-0.3, -0.25) is 4.79 Å². The Bertz CT molecular complexity index is 780. The van der Waals surface area contributed by atoms with Crippen LogP contribution < -0.4 is 5.32 Å². The predicted octanol–water partition coefficient (Wildman–Crippen LogP) is 2.95. The molecule has 20 heavy (non-hydrogen) atoms. The number of para-hydroxylation sites is 1. The third kappa shape index (κ3) is 2.22. The minimum absolute atomic E-state index is 0.220. The van der Waals surface area contributed by atoms with Gasteiger partial charge in [-0.05, 0) is 24.3 Å². The molecule has 5 heteroatoms. The van der Waals surface area contributed by atoms with Gasteiger partial charge < -0.3 is 9.73 Å². The van der Waals surface area contributed by atoms with E-state index >= 15 is 0 Å². The number of hydrogen-bond donors (Lipinski definition) is 1. The Morgan fingerprint density at radius 2 is 2.10 bits per heavy atom. The summed E-state index contributed by atoms with van der Waals surface area (Å²) in [5.41, 5.74) is 1.09. The van der Waals surface area contributed by atoms with Gasteiger partial charge in [-0.25, -0.2) is 4.98 Å². The fourth-order valence-electron chi connectivity index (χ4n) is 1.81. The molecule has 1 amide bonds. The number of furan rings is 1. The molecule has 5 nitrogen and oxygen atoms in total. The summed E-state index contributed by atoms with van der Waals surface area (Å²) in [4.78, 5) is 16.0. The van der Waals surface area contributed by atoms with Crippen molar-refractivity contribution in [1.29, 1.82) is 5.26 Å². The lowest BCUT2D eigenvalue weighted by Gasteiger charge is -2.01. The first-order chi connectivity index (χ1) is 9.76. The highest BCUT2D eigenvalue weighted by Gasteiger charge is 2.12. The molecule has 0 atom stereocenters. The highest BCUT2D eigenvalue weighted by molar-refractivity contribution is 6.04. The molecule has 0 saturated heterocycles. The van der Waals surface area contributed by atoms with Crippen molar-refractivity contribution in [3.05, 3.63) is 60.0 Å². The Balaban J connectivity index is 1.83. The zero-order valence-electron chi connectivity index (χ0n) is 10.3. The van der Waals surface area contributed by atoms with E-state index in [2.05, 4.69) is 10.3 Å². The van der Waals surface area contributed by atoms with Crippen LogP contribution in [0.2, 0.25) is 0 Å². The van der Waals surface area contributed by atoms with Gasteiger partial charge in [-0.15, -0.1) is 0 Å². The van der Waals surface area contributed by atoms with Crippen LogP contribution in [0.1, 0.15) is 16.1 Å². The maximum Gasteiger partial charge on any atom is 0.292 e. The van der Waals surface area contributed by atoms with Gasteiger partial charge in [0.1, 0.15) is 17.5 Å². The minimum Gasteiger partial charge on any atom is -0.451 e. The molecular weight excluding hydrogens is 254 g/mol. The maximum atomic E-state index is 12.0. The first kappa shape index (κ1) is 11.9. The molecule has 1 aromatic carbocycles. The average molecular weight is 263 g/mol. The Hall–Kier alpha value is -3.13. The molecule has 0 aliphatic heterocycles. The second-order valence-electron chi connectivity index (χ2n) is 4.15. The third-order valence-electron chi connectivity index (χ3n) is 2.78. The molecule has 1 N–H and O–H groups in total. The lowest BCUT2D eigenvalue weighted by atomic mass is 10.2. The zero-order valence-corrected chi connectivity index (χ0v) is 10.3. The van der Waals surface area contributed by atoms with Crippen LogP contribution in [-0.2, 0) is 0 Å². The third-order valence-corrected chi connectivity index (χ3v) is 2.78. The number of nitrogens with zero attached hydrogens (tertiary/aromatic N) is 2. The molecule has 96 valence electrons. The summed E-state index contributed by atoms with van der Waals surface area (Å²) >= 11 is 0. The average Bonchev–Trinajstić information content (AvgIpc) is 2.92. The van der Waals surface area contributed by atoms with Crippen LogP contribution in [0.3, 0.4) is 0 Å². The monoisotopic (exact) mass is 263 g/mol. The van der Waals surface area contributed by atoms with Crippen LogP contribution in [0.5, 0.6) is 0 Å². The van der Waals surface area contributed by atoms with E-state index in [1.807, 2.05) is 24.3 Å². The van der Waals surface area contributed by atoms with Crippen molar-refractivity contribution >= 4 is 22.7 Å². The largest absolute Gasteiger partial charge is 0.451 e. The second kappa shape index (κ2) is 4.86. The van der Waals surface area contributed by atoms with Crippen LogP contribution >= 0.6 is 0 Å². The van der Waals surface area contributed by atoms with Crippen LogP contribution in [0, 0.1) is 11.3 Å². The van der Waals surface area contributed by atoms with Gasteiger partial charge in [-0.1, -0.05) is 18.2 Å². The SMILES string of the molecule is N#Cc1ccc(NC(=O)c2cc3ccccc3o2)nc1. The number of carbonyl (C=O) groups excluding carboxylic acids is 1. The molecule has 0 bridgehead atoms. The minimum atomic E-state index is -0.376. The number of carbonyl (C=O) groups is 1. The van der Waals surface area contributed by atoms with Crippen molar-refractivity contribution in [1.82, 2.24) is 4.98 Å². The van der Waals surface area contributed by atoms with Crippen molar-refractivity contribution in [2.75, 3.05) is 5.32 Å². The molecule has 3 rings (SSSR count). The molecule has 0 aliphatic carbocycles. The highest BCUT2D eigenvalue weighted by atomic mass is 16.3. The number of anilines is 1. The summed E-state index contributed by atoms with van der Waals surface area (Å²) in [6.45, 7) is 0. The van der Waals surface area contributed by atoms with Gasteiger partial charge in [-0.2, -0.15) is 5.26 Å². The van der Waals surface area contributed by atoms with E-state index in [-0.39, 0.29) is 11.7 Å². The molecule has 0 aliphatic rings. The quantitative estimate of drug-likeness (QED) is 0.770. The van der Waals surface area contributed by atoms with E-state index in [1.54, 1.807) is 24.3 Å². The molecule has 2 aromatic heterocycles. The number of pyridine rings is 1. The summed E-state index contributed by atoms with van der Waals surface area (Å²) in [5, 5.41) is 12.2.